The highest BCUT2D eigenvalue weighted by Gasteiger charge is 2.24. The van der Waals surface area contributed by atoms with Gasteiger partial charge in [-0.15, -0.1) is 11.3 Å². The lowest BCUT2D eigenvalue weighted by molar-refractivity contribution is 0.0634. The van der Waals surface area contributed by atoms with E-state index in [-0.39, 0.29) is 5.91 Å². The predicted octanol–water partition coefficient (Wildman–Crippen LogP) is 1.79. The van der Waals surface area contributed by atoms with Crippen LogP contribution < -0.4 is 0 Å². The molecule has 0 bridgehead atoms. The smallest absolute Gasteiger partial charge is 0.276 e. The van der Waals surface area contributed by atoms with Crippen molar-refractivity contribution in [1.29, 1.82) is 0 Å². The molecule has 0 atom stereocenters. The molecule has 1 aliphatic rings. The fourth-order valence-corrected chi connectivity index (χ4v) is 3.75. The number of imidazole rings is 1. The average molecular weight is 341 g/mol. The molecule has 0 spiro atoms. The number of carbonyl (C=O) groups excluding carboxylic acids is 1. The van der Waals surface area contributed by atoms with Gasteiger partial charge in [-0.2, -0.15) is 0 Å². The molecular weight excluding hydrogens is 322 g/mol. The lowest BCUT2D eigenvalue weighted by atomic mass is 10.2. The van der Waals surface area contributed by atoms with Crippen molar-refractivity contribution in [2.45, 2.75) is 6.42 Å². The summed E-state index contributed by atoms with van der Waals surface area (Å²) in [6, 6.07) is 4.28. The molecule has 0 N–H and O–H groups in total. The van der Waals surface area contributed by atoms with E-state index in [0.717, 1.165) is 39.1 Å². The van der Waals surface area contributed by atoms with Gasteiger partial charge >= 0.3 is 0 Å². The van der Waals surface area contributed by atoms with E-state index in [4.69, 9.17) is 0 Å². The van der Waals surface area contributed by atoms with Crippen molar-refractivity contribution in [3.63, 3.8) is 0 Å². The molecule has 4 heterocycles. The van der Waals surface area contributed by atoms with Gasteiger partial charge in [0.15, 0.2) is 11.3 Å². The molecule has 1 fully saturated rings. The first-order valence-corrected chi connectivity index (χ1v) is 9.01. The first-order chi connectivity index (χ1) is 11.8. The molecule has 7 heteroatoms. The van der Waals surface area contributed by atoms with Gasteiger partial charge in [-0.05, 0) is 17.9 Å². The third-order valence-corrected chi connectivity index (χ3v) is 5.36. The van der Waals surface area contributed by atoms with Crippen molar-refractivity contribution in [3.8, 4) is 0 Å². The Morgan fingerprint density at radius 2 is 1.92 bits per heavy atom. The van der Waals surface area contributed by atoms with Crippen molar-refractivity contribution in [2.24, 2.45) is 0 Å². The summed E-state index contributed by atoms with van der Waals surface area (Å²) in [4.78, 5) is 27.0. The van der Waals surface area contributed by atoms with Crippen molar-refractivity contribution < 1.29 is 4.79 Å². The first kappa shape index (κ1) is 15.3. The van der Waals surface area contributed by atoms with Crippen molar-refractivity contribution >= 4 is 22.9 Å². The number of hydrogen-bond donors (Lipinski definition) is 0. The number of rotatable bonds is 4. The van der Waals surface area contributed by atoms with E-state index in [1.54, 1.807) is 12.4 Å². The van der Waals surface area contributed by atoms with Gasteiger partial charge in [0, 0.05) is 62.4 Å². The number of hydrogen-bond acceptors (Lipinski definition) is 5. The van der Waals surface area contributed by atoms with E-state index in [9.17, 15) is 4.79 Å². The van der Waals surface area contributed by atoms with Gasteiger partial charge in [0.2, 0.25) is 0 Å². The molecular formula is C17H19N5OS. The van der Waals surface area contributed by atoms with Crippen molar-refractivity contribution in [3.05, 3.63) is 52.9 Å². The number of fused-ring (bicyclic) bond motifs is 1. The zero-order valence-corrected chi connectivity index (χ0v) is 14.2. The molecule has 1 aliphatic heterocycles. The van der Waals surface area contributed by atoms with Gasteiger partial charge in [0.1, 0.15) is 0 Å². The van der Waals surface area contributed by atoms with Crippen LogP contribution >= 0.6 is 11.3 Å². The molecule has 3 aromatic heterocycles. The Bertz CT molecular complexity index is 821. The minimum atomic E-state index is -0.0234. The topological polar surface area (TPSA) is 53.7 Å². The van der Waals surface area contributed by atoms with Crippen LogP contribution in [0.2, 0.25) is 0 Å². The summed E-state index contributed by atoms with van der Waals surface area (Å²) in [5.41, 5.74) is 1.07. The Labute approximate surface area is 144 Å². The minimum Gasteiger partial charge on any atom is -0.335 e. The number of aromatic nitrogens is 3. The number of piperazine rings is 1. The number of amides is 1. The normalized spacial score (nSPS) is 15.9. The van der Waals surface area contributed by atoms with Gasteiger partial charge in [0.05, 0.1) is 0 Å². The van der Waals surface area contributed by atoms with Crippen LogP contribution in [0.5, 0.6) is 0 Å². The van der Waals surface area contributed by atoms with Crippen molar-refractivity contribution in [1.82, 2.24) is 24.2 Å². The second kappa shape index (κ2) is 6.70. The molecule has 0 aliphatic carbocycles. The quantitative estimate of drug-likeness (QED) is 0.726. The van der Waals surface area contributed by atoms with Gasteiger partial charge in [0.25, 0.3) is 5.91 Å². The zero-order chi connectivity index (χ0) is 16.4. The third kappa shape index (κ3) is 3.05. The summed E-state index contributed by atoms with van der Waals surface area (Å²) in [5, 5.41) is 2.12. The summed E-state index contributed by atoms with van der Waals surface area (Å²) in [7, 11) is 0. The van der Waals surface area contributed by atoms with Crippen LogP contribution in [-0.4, -0.2) is 62.8 Å². The van der Waals surface area contributed by atoms with Crippen LogP contribution in [0.3, 0.4) is 0 Å². The average Bonchev–Trinajstić information content (AvgIpc) is 3.31. The fourth-order valence-electron chi connectivity index (χ4n) is 3.05. The van der Waals surface area contributed by atoms with Crippen LogP contribution in [0.4, 0.5) is 0 Å². The fraction of sp³-hybridized carbons (Fsp3) is 0.353. The van der Waals surface area contributed by atoms with Gasteiger partial charge in [-0.3, -0.25) is 9.69 Å². The summed E-state index contributed by atoms with van der Waals surface area (Å²) in [6.07, 6.45) is 8.06. The van der Waals surface area contributed by atoms with Gasteiger partial charge < -0.3 is 9.30 Å². The minimum absolute atomic E-state index is 0.0234. The Morgan fingerprint density at radius 1 is 1.12 bits per heavy atom. The van der Waals surface area contributed by atoms with Crippen molar-refractivity contribution in [2.75, 3.05) is 32.7 Å². The third-order valence-electron chi connectivity index (χ3n) is 4.43. The molecule has 1 amide bonds. The highest BCUT2D eigenvalue weighted by Crippen LogP contribution is 2.13. The maximum atomic E-state index is 12.8. The second-order valence-electron chi connectivity index (χ2n) is 5.90. The maximum absolute atomic E-state index is 12.8. The van der Waals surface area contributed by atoms with Gasteiger partial charge in [-0.25, -0.2) is 9.97 Å². The van der Waals surface area contributed by atoms with Crippen LogP contribution in [0, 0.1) is 0 Å². The highest BCUT2D eigenvalue weighted by molar-refractivity contribution is 7.09. The largest absolute Gasteiger partial charge is 0.335 e. The Balaban J connectivity index is 1.37. The predicted molar refractivity (Wildman–Crippen MR) is 93.4 cm³/mol. The van der Waals surface area contributed by atoms with Crippen LogP contribution in [0.15, 0.2) is 42.3 Å². The molecule has 24 heavy (non-hydrogen) atoms. The van der Waals surface area contributed by atoms with Crippen LogP contribution in [0.25, 0.3) is 5.65 Å². The molecule has 0 saturated carbocycles. The molecule has 0 radical (unpaired) electrons. The number of thiophene rings is 1. The standard InChI is InChI=1S/C17H19N5OS/c23-17(15-16-19-5-8-21(16)7-4-18-15)22-11-9-20(10-12-22)6-3-14-2-1-13-24-14/h1-2,4-5,7-8,13H,3,6,9-12H2. The van der Waals surface area contributed by atoms with Crippen LogP contribution in [-0.2, 0) is 6.42 Å². The highest BCUT2D eigenvalue weighted by atomic mass is 32.1. The summed E-state index contributed by atoms with van der Waals surface area (Å²) in [5.74, 6) is -0.0234. The second-order valence-corrected chi connectivity index (χ2v) is 6.93. The number of nitrogens with zero attached hydrogens (tertiary/aromatic N) is 5. The molecule has 124 valence electrons. The monoisotopic (exact) mass is 341 g/mol. The lowest BCUT2D eigenvalue weighted by Gasteiger charge is -2.34. The lowest BCUT2D eigenvalue weighted by Crippen LogP contribution is -2.49. The molecule has 1 saturated heterocycles. The summed E-state index contributed by atoms with van der Waals surface area (Å²) < 4.78 is 1.83. The zero-order valence-electron chi connectivity index (χ0n) is 13.3. The van der Waals surface area contributed by atoms with E-state index in [1.807, 2.05) is 33.0 Å². The Hall–Kier alpha value is -2.25. The Kier molecular flexibility index (Phi) is 4.27. The number of carbonyl (C=O) groups is 1. The van der Waals surface area contributed by atoms with E-state index in [1.165, 1.54) is 4.88 Å². The van der Waals surface area contributed by atoms with E-state index < -0.39 is 0 Å². The molecule has 0 aromatic carbocycles. The van der Waals surface area contributed by atoms with E-state index in [0.29, 0.717) is 11.3 Å². The van der Waals surface area contributed by atoms with Crippen LogP contribution in [0.1, 0.15) is 15.4 Å². The Morgan fingerprint density at radius 3 is 2.67 bits per heavy atom. The molecule has 6 nitrogen and oxygen atoms in total. The first-order valence-electron chi connectivity index (χ1n) is 8.13. The molecule has 4 rings (SSSR count). The van der Waals surface area contributed by atoms with E-state index in [2.05, 4.69) is 32.4 Å². The molecule has 3 aromatic rings. The summed E-state index contributed by atoms with van der Waals surface area (Å²) in [6.45, 7) is 4.36. The molecule has 0 unspecified atom stereocenters. The summed E-state index contributed by atoms with van der Waals surface area (Å²) >= 11 is 1.81. The maximum Gasteiger partial charge on any atom is 0.276 e. The van der Waals surface area contributed by atoms with E-state index >= 15 is 0 Å². The van der Waals surface area contributed by atoms with Gasteiger partial charge in [-0.1, -0.05) is 6.07 Å². The SMILES string of the molecule is O=C(c1nccn2ccnc12)N1CCN(CCc2cccs2)CC1.